The van der Waals surface area contributed by atoms with Gasteiger partial charge in [0.25, 0.3) is 0 Å². The second kappa shape index (κ2) is 8.21. The number of unbranched alkanes of at least 4 members (excludes halogenated alkanes) is 1. The Morgan fingerprint density at radius 2 is 1.64 bits per heavy atom. The molecule has 0 saturated carbocycles. The topological polar surface area (TPSA) is 55.3 Å². The lowest BCUT2D eigenvalue weighted by Gasteiger charge is -2.30. The van der Waals surface area contributed by atoms with Gasteiger partial charge in [-0.05, 0) is 18.8 Å². The van der Waals surface area contributed by atoms with Crippen molar-refractivity contribution in [2.75, 3.05) is 0 Å². The number of hydrazine groups is 2. The second-order valence-electron chi connectivity index (χ2n) is 4.11. The molecule has 0 aromatic rings. The van der Waals surface area contributed by atoms with Crippen LogP contribution in [0.15, 0.2) is 0 Å². The number of nitrogens with two attached hydrogens (primary N) is 2. The van der Waals surface area contributed by atoms with Crippen LogP contribution in [0.4, 0.5) is 0 Å². The van der Waals surface area contributed by atoms with Gasteiger partial charge in [-0.2, -0.15) is 5.12 Å². The van der Waals surface area contributed by atoms with E-state index in [1.165, 1.54) is 30.8 Å². The quantitative estimate of drug-likeness (QED) is 0.468. The van der Waals surface area contributed by atoms with Crippen LogP contribution in [0.5, 0.6) is 0 Å². The van der Waals surface area contributed by atoms with Crippen molar-refractivity contribution in [3.05, 3.63) is 0 Å². The van der Waals surface area contributed by atoms with Crippen molar-refractivity contribution in [1.29, 1.82) is 0 Å². The summed E-state index contributed by atoms with van der Waals surface area (Å²) in [5.41, 5.74) is 0. The van der Waals surface area contributed by atoms with Gasteiger partial charge >= 0.3 is 0 Å². The van der Waals surface area contributed by atoms with Crippen molar-refractivity contribution >= 4 is 0 Å². The molecule has 0 saturated heterocycles. The molecule has 0 fully saturated rings. The molecule has 0 radical (unpaired) electrons. The lowest BCUT2D eigenvalue weighted by atomic mass is 9.89. The third-order valence-electron chi connectivity index (χ3n) is 2.96. The van der Waals surface area contributed by atoms with E-state index < -0.39 is 0 Å². The smallest absolute Gasteiger partial charge is 0.0423 e. The predicted octanol–water partition coefficient (Wildman–Crippen LogP) is 2.42. The zero-order chi connectivity index (χ0) is 11.0. The van der Waals surface area contributed by atoms with Crippen LogP contribution in [0.2, 0.25) is 0 Å². The monoisotopic (exact) mass is 201 g/mol. The zero-order valence-electron chi connectivity index (χ0n) is 10.00. The third-order valence-corrected chi connectivity index (χ3v) is 2.96. The molecule has 0 amide bonds. The Balaban J connectivity index is 4.11. The Kier molecular flexibility index (Phi) is 8.14. The summed E-state index contributed by atoms with van der Waals surface area (Å²) in [5, 5.41) is 1.42. The molecular weight excluding hydrogens is 174 g/mol. The van der Waals surface area contributed by atoms with Gasteiger partial charge < -0.3 is 0 Å². The largest absolute Gasteiger partial charge is 0.255 e. The van der Waals surface area contributed by atoms with E-state index in [0.717, 1.165) is 12.8 Å². The van der Waals surface area contributed by atoms with Crippen LogP contribution in [0.1, 0.15) is 59.3 Å². The minimum atomic E-state index is 0.358. The van der Waals surface area contributed by atoms with Crippen molar-refractivity contribution in [3.63, 3.8) is 0 Å². The summed E-state index contributed by atoms with van der Waals surface area (Å²) in [6.07, 6.45) is 7.22. The average molecular weight is 201 g/mol. The van der Waals surface area contributed by atoms with Crippen LogP contribution in [0.3, 0.4) is 0 Å². The molecule has 0 heterocycles. The van der Waals surface area contributed by atoms with Gasteiger partial charge in [-0.1, -0.05) is 46.5 Å². The van der Waals surface area contributed by atoms with Gasteiger partial charge in [-0.15, -0.1) is 0 Å². The summed E-state index contributed by atoms with van der Waals surface area (Å²) >= 11 is 0. The van der Waals surface area contributed by atoms with Crippen molar-refractivity contribution in [1.82, 2.24) is 5.12 Å². The molecule has 0 aromatic carbocycles. The molecule has 0 aromatic heterocycles. The minimum Gasteiger partial charge on any atom is -0.255 e. The highest BCUT2D eigenvalue weighted by Gasteiger charge is 2.21. The molecule has 14 heavy (non-hydrogen) atoms. The van der Waals surface area contributed by atoms with E-state index in [4.69, 9.17) is 11.7 Å². The first-order chi connectivity index (χ1) is 6.67. The Hall–Kier alpha value is -0.120. The molecule has 0 aliphatic carbocycles. The minimum absolute atomic E-state index is 0.358. The normalized spacial score (nSPS) is 15.9. The van der Waals surface area contributed by atoms with Crippen LogP contribution >= 0.6 is 0 Å². The highest BCUT2D eigenvalue weighted by Crippen LogP contribution is 2.21. The fourth-order valence-electron chi connectivity index (χ4n) is 2.06. The summed E-state index contributed by atoms with van der Waals surface area (Å²) in [6, 6.07) is 0.358. The van der Waals surface area contributed by atoms with Crippen LogP contribution in [-0.4, -0.2) is 11.2 Å². The van der Waals surface area contributed by atoms with Crippen molar-refractivity contribution < 1.29 is 0 Å². The summed E-state index contributed by atoms with van der Waals surface area (Å²) < 4.78 is 0. The molecule has 0 aliphatic heterocycles. The number of nitrogens with zero attached hydrogens (tertiary/aromatic N) is 1. The zero-order valence-corrected chi connectivity index (χ0v) is 10.00. The maximum Gasteiger partial charge on any atom is 0.0423 e. The first-order valence-corrected chi connectivity index (χ1v) is 5.95. The summed E-state index contributed by atoms with van der Waals surface area (Å²) in [6.45, 7) is 6.64. The lowest BCUT2D eigenvalue weighted by Crippen LogP contribution is -2.50. The van der Waals surface area contributed by atoms with E-state index >= 15 is 0 Å². The lowest BCUT2D eigenvalue weighted by molar-refractivity contribution is 0.124. The van der Waals surface area contributed by atoms with Crippen LogP contribution in [0.25, 0.3) is 0 Å². The SMILES string of the molecule is CCCCC(CC)C(CCC)N(N)N. The van der Waals surface area contributed by atoms with Gasteiger partial charge in [-0.25, -0.2) is 0 Å². The number of rotatable bonds is 8. The first kappa shape index (κ1) is 13.9. The summed E-state index contributed by atoms with van der Waals surface area (Å²) in [7, 11) is 0. The first-order valence-electron chi connectivity index (χ1n) is 5.95. The van der Waals surface area contributed by atoms with Crippen molar-refractivity contribution in [2.45, 2.75) is 65.3 Å². The van der Waals surface area contributed by atoms with Gasteiger partial charge in [0.2, 0.25) is 0 Å². The van der Waals surface area contributed by atoms with Crippen LogP contribution < -0.4 is 11.7 Å². The number of hydrogen-bond donors (Lipinski definition) is 2. The van der Waals surface area contributed by atoms with E-state index in [-0.39, 0.29) is 0 Å². The molecule has 0 spiro atoms. The molecule has 3 heteroatoms. The summed E-state index contributed by atoms with van der Waals surface area (Å²) in [4.78, 5) is 0. The molecule has 2 unspecified atom stereocenters. The van der Waals surface area contributed by atoms with E-state index in [2.05, 4.69) is 20.8 Å². The van der Waals surface area contributed by atoms with E-state index in [0.29, 0.717) is 12.0 Å². The Bertz CT molecular complexity index is 126. The molecule has 0 aliphatic rings. The van der Waals surface area contributed by atoms with Crippen LogP contribution in [0, 0.1) is 5.92 Å². The fraction of sp³-hybridized carbons (Fsp3) is 1.00. The van der Waals surface area contributed by atoms with Gasteiger partial charge in [-0.3, -0.25) is 11.7 Å². The highest BCUT2D eigenvalue weighted by molar-refractivity contribution is 4.73. The van der Waals surface area contributed by atoms with E-state index in [1.807, 2.05) is 0 Å². The molecular formula is C11H27N3. The Morgan fingerprint density at radius 3 is 2.00 bits per heavy atom. The molecule has 4 N–H and O–H groups in total. The maximum absolute atomic E-state index is 5.68. The third kappa shape index (κ3) is 4.94. The standard InChI is InChI=1S/C11H27N3/c1-4-7-9-10(6-3)11(8-5-2)14(12)13/h10-11H,4-9,12-13H2,1-3H3. The molecule has 2 atom stereocenters. The van der Waals surface area contributed by atoms with Gasteiger partial charge in [0.1, 0.15) is 0 Å². The number of hydrogen-bond acceptors (Lipinski definition) is 3. The Labute approximate surface area is 88.8 Å². The van der Waals surface area contributed by atoms with E-state index in [1.54, 1.807) is 0 Å². The van der Waals surface area contributed by atoms with Gasteiger partial charge in [0, 0.05) is 6.04 Å². The second-order valence-corrected chi connectivity index (χ2v) is 4.11. The predicted molar refractivity (Wildman–Crippen MR) is 62.2 cm³/mol. The van der Waals surface area contributed by atoms with Crippen molar-refractivity contribution in [3.8, 4) is 0 Å². The van der Waals surface area contributed by atoms with Gasteiger partial charge in [0.05, 0.1) is 0 Å². The maximum atomic E-state index is 5.68. The Morgan fingerprint density at radius 1 is 1.00 bits per heavy atom. The summed E-state index contributed by atoms with van der Waals surface area (Å²) in [5.74, 6) is 12.0. The van der Waals surface area contributed by atoms with E-state index in [9.17, 15) is 0 Å². The van der Waals surface area contributed by atoms with Gasteiger partial charge in [0.15, 0.2) is 0 Å². The molecule has 0 rings (SSSR count). The van der Waals surface area contributed by atoms with Crippen LogP contribution in [-0.2, 0) is 0 Å². The van der Waals surface area contributed by atoms with Crippen molar-refractivity contribution in [2.24, 2.45) is 17.6 Å². The molecule has 0 bridgehead atoms. The fourth-order valence-corrected chi connectivity index (χ4v) is 2.06. The average Bonchev–Trinajstić information content (AvgIpc) is 2.17. The highest BCUT2D eigenvalue weighted by atomic mass is 15.6. The molecule has 3 nitrogen and oxygen atoms in total. The molecule has 86 valence electrons.